The van der Waals surface area contributed by atoms with Gasteiger partial charge in [0.1, 0.15) is 5.25 Å². The lowest BCUT2D eigenvalue weighted by Crippen LogP contribution is -2.47. The summed E-state index contributed by atoms with van der Waals surface area (Å²) in [5.74, 6) is -0.529. The van der Waals surface area contributed by atoms with Crippen LogP contribution in [0, 0.1) is 6.92 Å². The number of carbonyl (C=O) groups excluding carboxylic acids is 1. The topological polar surface area (TPSA) is 89.3 Å². The summed E-state index contributed by atoms with van der Waals surface area (Å²) in [7, 11) is -3.80. The van der Waals surface area contributed by atoms with Crippen molar-refractivity contribution in [3.8, 4) is 0 Å². The molecule has 0 aliphatic heterocycles. The van der Waals surface area contributed by atoms with Crippen LogP contribution in [0.5, 0.6) is 0 Å². The molecule has 20 heavy (non-hydrogen) atoms. The van der Waals surface area contributed by atoms with Gasteiger partial charge in [-0.3, -0.25) is 4.79 Å². The van der Waals surface area contributed by atoms with Gasteiger partial charge in [0.15, 0.2) is 9.84 Å². The molecule has 6 heteroatoms. The Kier molecular flexibility index (Phi) is 4.49. The molecule has 1 atom stereocenters. The van der Waals surface area contributed by atoms with Crippen molar-refractivity contribution in [3.05, 3.63) is 23.8 Å². The predicted octanol–water partition coefficient (Wildman–Crippen LogP) is 1.65. The highest BCUT2D eigenvalue weighted by Gasteiger charge is 2.32. The number of sulfone groups is 1. The Morgan fingerprint density at radius 3 is 2.35 bits per heavy atom. The first kappa shape index (κ1) is 16.5. The number of nitrogen functional groups attached to an aromatic ring is 1. The third kappa shape index (κ3) is 3.72. The van der Waals surface area contributed by atoms with Crippen LogP contribution in [0.2, 0.25) is 0 Å². The van der Waals surface area contributed by atoms with Crippen LogP contribution < -0.4 is 11.1 Å². The minimum Gasteiger partial charge on any atom is -0.398 e. The number of amides is 1. The molecule has 1 amide bonds. The third-order valence-electron chi connectivity index (χ3n) is 2.81. The lowest BCUT2D eigenvalue weighted by Gasteiger charge is -2.23. The number of anilines is 1. The van der Waals surface area contributed by atoms with E-state index in [1.807, 2.05) is 0 Å². The molecule has 0 saturated carbocycles. The quantitative estimate of drug-likeness (QED) is 0.830. The SMILES string of the molecule is Cc1ccc(N)c(S(=O)(=O)C(C)C(=O)NC(C)(C)C)c1. The largest absolute Gasteiger partial charge is 0.398 e. The predicted molar refractivity (Wildman–Crippen MR) is 80.1 cm³/mol. The smallest absolute Gasteiger partial charge is 0.238 e. The molecule has 0 bridgehead atoms. The van der Waals surface area contributed by atoms with E-state index in [4.69, 9.17) is 5.73 Å². The Morgan fingerprint density at radius 2 is 1.85 bits per heavy atom. The molecular formula is C14H22N2O3S. The first-order valence-electron chi connectivity index (χ1n) is 6.37. The van der Waals surface area contributed by atoms with Crippen LogP contribution >= 0.6 is 0 Å². The highest BCUT2D eigenvalue weighted by molar-refractivity contribution is 7.93. The van der Waals surface area contributed by atoms with Crippen LogP contribution in [0.15, 0.2) is 23.1 Å². The summed E-state index contributed by atoms with van der Waals surface area (Å²) in [6, 6.07) is 4.76. The van der Waals surface area contributed by atoms with Crippen molar-refractivity contribution in [2.45, 2.75) is 50.3 Å². The van der Waals surface area contributed by atoms with Crippen LogP contribution in [-0.4, -0.2) is 25.1 Å². The molecular weight excluding hydrogens is 276 g/mol. The lowest BCUT2D eigenvalue weighted by molar-refractivity contribution is -0.121. The van der Waals surface area contributed by atoms with E-state index >= 15 is 0 Å². The van der Waals surface area contributed by atoms with Crippen molar-refractivity contribution >= 4 is 21.4 Å². The van der Waals surface area contributed by atoms with E-state index in [2.05, 4.69) is 5.32 Å². The van der Waals surface area contributed by atoms with Crippen molar-refractivity contribution in [1.82, 2.24) is 5.32 Å². The van der Waals surface area contributed by atoms with Crippen LogP contribution in [0.4, 0.5) is 5.69 Å². The van der Waals surface area contributed by atoms with Crippen LogP contribution in [0.1, 0.15) is 33.3 Å². The molecule has 0 heterocycles. The van der Waals surface area contributed by atoms with Crippen molar-refractivity contribution < 1.29 is 13.2 Å². The number of nitrogens with two attached hydrogens (primary N) is 1. The average molecular weight is 298 g/mol. The molecule has 112 valence electrons. The molecule has 0 aromatic heterocycles. The third-order valence-corrected chi connectivity index (χ3v) is 4.92. The molecule has 0 radical (unpaired) electrons. The standard InChI is InChI=1S/C14H22N2O3S/c1-9-6-7-11(15)12(8-9)20(18,19)10(2)13(17)16-14(3,4)5/h6-8,10H,15H2,1-5H3,(H,16,17). The van der Waals surface area contributed by atoms with Crippen LogP contribution in [0.3, 0.4) is 0 Å². The van der Waals surface area contributed by atoms with E-state index in [0.29, 0.717) is 0 Å². The van der Waals surface area contributed by atoms with Crippen molar-refractivity contribution in [2.24, 2.45) is 0 Å². The van der Waals surface area contributed by atoms with E-state index in [-0.39, 0.29) is 10.6 Å². The second kappa shape index (κ2) is 5.44. The van der Waals surface area contributed by atoms with Crippen molar-refractivity contribution in [1.29, 1.82) is 0 Å². The molecule has 0 saturated heterocycles. The Bertz CT molecular complexity index is 616. The summed E-state index contributed by atoms with van der Waals surface area (Å²) in [4.78, 5) is 12.1. The van der Waals surface area contributed by atoms with Gasteiger partial charge < -0.3 is 11.1 Å². The second-order valence-electron chi connectivity index (χ2n) is 5.97. The van der Waals surface area contributed by atoms with Gasteiger partial charge in [0.2, 0.25) is 5.91 Å². The Labute approximate surface area is 120 Å². The fraction of sp³-hybridized carbons (Fsp3) is 0.500. The molecule has 1 aromatic carbocycles. The average Bonchev–Trinajstić information content (AvgIpc) is 2.28. The minimum atomic E-state index is -3.80. The van der Waals surface area contributed by atoms with Crippen LogP contribution in [-0.2, 0) is 14.6 Å². The van der Waals surface area contributed by atoms with Crippen molar-refractivity contribution in [3.63, 3.8) is 0 Å². The van der Waals surface area contributed by atoms with Gasteiger partial charge in [-0.1, -0.05) is 6.07 Å². The fourth-order valence-electron chi connectivity index (χ4n) is 1.69. The summed E-state index contributed by atoms with van der Waals surface area (Å²) in [6.45, 7) is 8.54. The second-order valence-corrected chi connectivity index (χ2v) is 8.20. The van der Waals surface area contributed by atoms with Gasteiger partial charge >= 0.3 is 0 Å². The molecule has 0 fully saturated rings. The number of hydrogen-bond acceptors (Lipinski definition) is 4. The normalized spacial score (nSPS) is 13.8. The summed E-state index contributed by atoms with van der Waals surface area (Å²) < 4.78 is 25.0. The first-order valence-corrected chi connectivity index (χ1v) is 7.92. The molecule has 0 spiro atoms. The lowest BCUT2D eigenvalue weighted by atomic mass is 10.1. The molecule has 0 aliphatic carbocycles. The summed E-state index contributed by atoms with van der Waals surface area (Å²) in [6.07, 6.45) is 0. The van der Waals surface area contributed by atoms with Gasteiger partial charge in [-0.05, 0) is 52.3 Å². The molecule has 1 rings (SSSR count). The van der Waals surface area contributed by atoms with E-state index in [9.17, 15) is 13.2 Å². The Morgan fingerprint density at radius 1 is 1.30 bits per heavy atom. The maximum atomic E-state index is 12.5. The molecule has 1 unspecified atom stereocenters. The monoisotopic (exact) mass is 298 g/mol. The van der Waals surface area contributed by atoms with Gasteiger partial charge in [-0.15, -0.1) is 0 Å². The summed E-state index contributed by atoms with van der Waals surface area (Å²) >= 11 is 0. The van der Waals surface area contributed by atoms with Gasteiger partial charge in [-0.2, -0.15) is 0 Å². The Hall–Kier alpha value is -1.56. The zero-order valence-electron chi connectivity index (χ0n) is 12.5. The van der Waals surface area contributed by atoms with Crippen molar-refractivity contribution in [2.75, 3.05) is 5.73 Å². The number of aryl methyl sites for hydroxylation is 1. The molecule has 1 aromatic rings. The maximum Gasteiger partial charge on any atom is 0.238 e. The van der Waals surface area contributed by atoms with Crippen LogP contribution in [0.25, 0.3) is 0 Å². The summed E-state index contributed by atoms with van der Waals surface area (Å²) in [5, 5.41) is 1.48. The van der Waals surface area contributed by atoms with E-state index in [1.54, 1.807) is 33.8 Å². The van der Waals surface area contributed by atoms with Gasteiger partial charge in [0.25, 0.3) is 0 Å². The van der Waals surface area contributed by atoms with Gasteiger partial charge in [-0.25, -0.2) is 8.42 Å². The number of nitrogens with one attached hydrogen (secondary N) is 1. The fourth-order valence-corrected chi connectivity index (χ4v) is 3.16. The summed E-state index contributed by atoms with van der Waals surface area (Å²) in [5.41, 5.74) is 6.18. The maximum absolute atomic E-state index is 12.5. The van der Waals surface area contributed by atoms with E-state index in [1.165, 1.54) is 19.1 Å². The number of rotatable bonds is 3. The number of carbonyl (C=O) groups is 1. The number of benzene rings is 1. The highest BCUT2D eigenvalue weighted by atomic mass is 32.2. The van der Waals surface area contributed by atoms with E-state index < -0.39 is 26.5 Å². The van der Waals surface area contributed by atoms with Gasteiger partial charge in [0, 0.05) is 5.54 Å². The molecule has 0 aliphatic rings. The van der Waals surface area contributed by atoms with Gasteiger partial charge in [0.05, 0.1) is 10.6 Å². The first-order chi connectivity index (χ1) is 8.95. The minimum absolute atomic E-state index is 0.00839. The zero-order chi connectivity index (χ0) is 15.7. The highest BCUT2D eigenvalue weighted by Crippen LogP contribution is 2.24. The Balaban J connectivity index is 3.16. The molecule has 3 N–H and O–H groups in total. The van der Waals surface area contributed by atoms with E-state index in [0.717, 1.165) is 5.56 Å². The number of hydrogen-bond donors (Lipinski definition) is 2. The molecule has 5 nitrogen and oxygen atoms in total. The zero-order valence-corrected chi connectivity index (χ0v) is 13.3.